The van der Waals surface area contributed by atoms with E-state index in [1.54, 1.807) is 19.2 Å². The van der Waals surface area contributed by atoms with Crippen molar-refractivity contribution in [1.29, 1.82) is 0 Å². The van der Waals surface area contributed by atoms with E-state index in [2.05, 4.69) is 5.32 Å². The molecular weight excluding hydrogens is 254 g/mol. The molecule has 0 aliphatic heterocycles. The van der Waals surface area contributed by atoms with Crippen LogP contribution in [0.5, 0.6) is 17.2 Å². The summed E-state index contributed by atoms with van der Waals surface area (Å²) in [6.07, 6.45) is 0. The van der Waals surface area contributed by atoms with Gasteiger partial charge in [-0.05, 0) is 30.7 Å². The van der Waals surface area contributed by atoms with Crippen molar-refractivity contribution >= 4 is 0 Å². The molecule has 1 unspecified atom stereocenters. The number of phenolic OH excluding ortho intramolecular Hbond substituents is 2. The zero-order valence-corrected chi connectivity index (χ0v) is 11.6. The number of para-hydroxylation sites is 1. The topological polar surface area (TPSA) is 61.7 Å². The van der Waals surface area contributed by atoms with Gasteiger partial charge in [-0.2, -0.15) is 0 Å². The maximum atomic E-state index is 9.50. The Morgan fingerprint density at radius 1 is 1.10 bits per heavy atom. The Balaban J connectivity index is 2.06. The number of phenols is 2. The minimum Gasteiger partial charge on any atom is -0.508 e. The molecule has 4 nitrogen and oxygen atoms in total. The quantitative estimate of drug-likeness (QED) is 0.784. The van der Waals surface area contributed by atoms with Gasteiger partial charge in [-0.1, -0.05) is 18.2 Å². The molecule has 106 valence electrons. The SMILES string of the molecule is COc1ccccc1CNC(C)c1cc(O)cc(O)c1. The maximum absolute atomic E-state index is 9.50. The van der Waals surface area contributed by atoms with Crippen molar-refractivity contribution in [3.8, 4) is 17.2 Å². The summed E-state index contributed by atoms with van der Waals surface area (Å²) in [5, 5.41) is 22.3. The van der Waals surface area contributed by atoms with Crippen LogP contribution in [0.15, 0.2) is 42.5 Å². The molecule has 0 amide bonds. The first kappa shape index (κ1) is 14.2. The number of benzene rings is 2. The summed E-state index contributed by atoms with van der Waals surface area (Å²) >= 11 is 0. The van der Waals surface area contributed by atoms with E-state index < -0.39 is 0 Å². The van der Waals surface area contributed by atoms with Crippen LogP contribution in [-0.4, -0.2) is 17.3 Å². The van der Waals surface area contributed by atoms with Crippen LogP contribution in [0.1, 0.15) is 24.1 Å². The largest absolute Gasteiger partial charge is 0.508 e. The third-order valence-electron chi connectivity index (χ3n) is 3.22. The van der Waals surface area contributed by atoms with Crippen molar-refractivity contribution < 1.29 is 14.9 Å². The smallest absolute Gasteiger partial charge is 0.123 e. The van der Waals surface area contributed by atoms with E-state index in [-0.39, 0.29) is 17.5 Å². The number of ether oxygens (including phenoxy) is 1. The van der Waals surface area contributed by atoms with Crippen LogP contribution in [0, 0.1) is 0 Å². The van der Waals surface area contributed by atoms with Gasteiger partial charge in [-0.25, -0.2) is 0 Å². The first-order valence-electron chi connectivity index (χ1n) is 6.48. The lowest BCUT2D eigenvalue weighted by atomic mass is 10.1. The molecule has 0 saturated carbocycles. The van der Waals surface area contributed by atoms with Crippen molar-refractivity contribution in [1.82, 2.24) is 5.32 Å². The molecule has 1 atom stereocenters. The van der Waals surface area contributed by atoms with Crippen LogP contribution < -0.4 is 10.1 Å². The molecule has 0 bridgehead atoms. The average Bonchev–Trinajstić information content (AvgIpc) is 2.44. The van der Waals surface area contributed by atoms with E-state index in [4.69, 9.17) is 4.74 Å². The van der Waals surface area contributed by atoms with Gasteiger partial charge in [-0.3, -0.25) is 0 Å². The fourth-order valence-electron chi connectivity index (χ4n) is 2.10. The molecule has 4 heteroatoms. The highest BCUT2D eigenvalue weighted by Crippen LogP contribution is 2.25. The molecule has 3 N–H and O–H groups in total. The number of nitrogens with one attached hydrogen (secondary N) is 1. The van der Waals surface area contributed by atoms with Gasteiger partial charge in [0.2, 0.25) is 0 Å². The van der Waals surface area contributed by atoms with Gasteiger partial charge < -0.3 is 20.3 Å². The Morgan fingerprint density at radius 3 is 2.40 bits per heavy atom. The second kappa shape index (κ2) is 6.30. The maximum Gasteiger partial charge on any atom is 0.123 e. The zero-order valence-electron chi connectivity index (χ0n) is 11.6. The summed E-state index contributed by atoms with van der Waals surface area (Å²) < 4.78 is 5.30. The summed E-state index contributed by atoms with van der Waals surface area (Å²) in [6.45, 7) is 2.62. The van der Waals surface area contributed by atoms with E-state index in [1.807, 2.05) is 31.2 Å². The van der Waals surface area contributed by atoms with E-state index in [0.717, 1.165) is 16.9 Å². The van der Waals surface area contributed by atoms with Gasteiger partial charge in [0.25, 0.3) is 0 Å². The summed E-state index contributed by atoms with van der Waals surface area (Å²) in [6, 6.07) is 12.4. The van der Waals surface area contributed by atoms with Crippen molar-refractivity contribution in [3.05, 3.63) is 53.6 Å². The summed E-state index contributed by atoms with van der Waals surface area (Å²) in [5.41, 5.74) is 1.89. The highest BCUT2D eigenvalue weighted by Gasteiger charge is 2.09. The monoisotopic (exact) mass is 273 g/mol. The number of aromatic hydroxyl groups is 2. The number of hydrogen-bond donors (Lipinski definition) is 3. The first-order chi connectivity index (χ1) is 9.60. The van der Waals surface area contributed by atoms with Crippen LogP contribution in [0.2, 0.25) is 0 Å². The second-order valence-corrected chi connectivity index (χ2v) is 4.70. The summed E-state index contributed by atoms with van der Waals surface area (Å²) in [7, 11) is 1.65. The van der Waals surface area contributed by atoms with Gasteiger partial charge in [-0.15, -0.1) is 0 Å². The normalized spacial score (nSPS) is 12.1. The fourth-order valence-corrected chi connectivity index (χ4v) is 2.10. The summed E-state index contributed by atoms with van der Waals surface area (Å²) in [5.74, 6) is 0.961. The predicted molar refractivity (Wildman–Crippen MR) is 78.0 cm³/mol. The van der Waals surface area contributed by atoms with E-state index in [1.165, 1.54) is 6.07 Å². The van der Waals surface area contributed by atoms with Gasteiger partial charge >= 0.3 is 0 Å². The standard InChI is InChI=1S/C16H19NO3/c1-11(13-7-14(18)9-15(19)8-13)17-10-12-5-3-4-6-16(12)20-2/h3-9,11,17-19H,10H2,1-2H3. The molecule has 0 aromatic heterocycles. The summed E-state index contributed by atoms with van der Waals surface area (Å²) in [4.78, 5) is 0. The molecule has 0 aliphatic carbocycles. The molecule has 2 aromatic rings. The Labute approximate surface area is 118 Å². The molecular formula is C16H19NO3. The molecule has 2 aromatic carbocycles. The lowest BCUT2D eigenvalue weighted by Crippen LogP contribution is -2.18. The van der Waals surface area contributed by atoms with Crippen molar-refractivity contribution in [2.24, 2.45) is 0 Å². The molecule has 0 saturated heterocycles. The molecule has 20 heavy (non-hydrogen) atoms. The number of methoxy groups -OCH3 is 1. The van der Waals surface area contributed by atoms with Crippen LogP contribution in [0.4, 0.5) is 0 Å². The molecule has 0 radical (unpaired) electrons. The molecule has 0 heterocycles. The second-order valence-electron chi connectivity index (χ2n) is 4.70. The third kappa shape index (κ3) is 3.42. The number of rotatable bonds is 5. The lowest BCUT2D eigenvalue weighted by Gasteiger charge is -2.16. The fraction of sp³-hybridized carbons (Fsp3) is 0.250. The van der Waals surface area contributed by atoms with Gasteiger partial charge in [0.05, 0.1) is 7.11 Å². The van der Waals surface area contributed by atoms with Crippen LogP contribution in [-0.2, 0) is 6.54 Å². The zero-order chi connectivity index (χ0) is 14.5. The molecule has 0 spiro atoms. The highest BCUT2D eigenvalue weighted by molar-refractivity contribution is 5.38. The minimum atomic E-state index is -0.00193. The Hall–Kier alpha value is -2.20. The van der Waals surface area contributed by atoms with Crippen molar-refractivity contribution in [2.75, 3.05) is 7.11 Å². The molecule has 0 fully saturated rings. The van der Waals surface area contributed by atoms with Crippen molar-refractivity contribution in [2.45, 2.75) is 19.5 Å². The van der Waals surface area contributed by atoms with E-state index in [9.17, 15) is 10.2 Å². The van der Waals surface area contributed by atoms with E-state index in [0.29, 0.717) is 6.54 Å². The van der Waals surface area contributed by atoms with Crippen LogP contribution >= 0.6 is 0 Å². The van der Waals surface area contributed by atoms with Crippen molar-refractivity contribution in [3.63, 3.8) is 0 Å². The van der Waals surface area contributed by atoms with Gasteiger partial charge in [0, 0.05) is 24.2 Å². The molecule has 0 aliphatic rings. The Bertz CT molecular complexity index is 563. The van der Waals surface area contributed by atoms with E-state index >= 15 is 0 Å². The Morgan fingerprint density at radius 2 is 1.75 bits per heavy atom. The highest BCUT2D eigenvalue weighted by atomic mass is 16.5. The average molecular weight is 273 g/mol. The predicted octanol–water partition coefficient (Wildman–Crippen LogP) is 2.96. The third-order valence-corrected chi connectivity index (χ3v) is 3.22. The van der Waals surface area contributed by atoms with Crippen LogP contribution in [0.3, 0.4) is 0 Å². The van der Waals surface area contributed by atoms with Gasteiger partial charge in [0.15, 0.2) is 0 Å². The number of hydrogen-bond acceptors (Lipinski definition) is 4. The molecule has 2 rings (SSSR count). The minimum absolute atomic E-state index is 0.00193. The Kier molecular flexibility index (Phi) is 4.48. The van der Waals surface area contributed by atoms with Gasteiger partial charge in [0.1, 0.15) is 17.2 Å². The lowest BCUT2D eigenvalue weighted by molar-refractivity contribution is 0.405. The van der Waals surface area contributed by atoms with Crippen LogP contribution in [0.25, 0.3) is 0 Å². The first-order valence-corrected chi connectivity index (χ1v) is 6.48.